The maximum Gasteiger partial charge on any atom is 0.251 e. The van der Waals surface area contributed by atoms with Crippen molar-refractivity contribution in [1.29, 1.82) is 0 Å². The maximum atomic E-state index is 12.3. The molecular weight excluding hydrogens is 364 g/mol. The SMILES string of the molecule is Cc1ccc(C(=O)NCCNc2nc(-c3ccco3)nc3ccc(C)cc23)cc1. The zero-order chi connectivity index (χ0) is 20.2. The number of carbonyl (C=O) groups excluding carboxylic acids is 1. The first-order valence-corrected chi connectivity index (χ1v) is 9.51. The molecule has 0 bridgehead atoms. The average Bonchev–Trinajstić information content (AvgIpc) is 3.26. The van der Waals surface area contributed by atoms with Gasteiger partial charge in [-0.15, -0.1) is 0 Å². The molecule has 0 radical (unpaired) electrons. The Bertz CT molecular complexity index is 1140. The molecule has 6 heteroatoms. The van der Waals surface area contributed by atoms with Crippen molar-refractivity contribution >= 4 is 22.6 Å². The second-order valence-electron chi connectivity index (χ2n) is 6.94. The van der Waals surface area contributed by atoms with Crippen molar-refractivity contribution in [2.75, 3.05) is 18.4 Å². The summed E-state index contributed by atoms with van der Waals surface area (Å²) in [5.41, 5.74) is 3.74. The highest BCUT2D eigenvalue weighted by atomic mass is 16.3. The van der Waals surface area contributed by atoms with Gasteiger partial charge in [0, 0.05) is 24.0 Å². The molecule has 0 spiro atoms. The number of hydrogen-bond acceptors (Lipinski definition) is 5. The second kappa shape index (κ2) is 8.14. The summed E-state index contributed by atoms with van der Waals surface area (Å²) >= 11 is 0. The van der Waals surface area contributed by atoms with E-state index in [-0.39, 0.29) is 5.91 Å². The van der Waals surface area contributed by atoms with Gasteiger partial charge in [0.15, 0.2) is 11.6 Å². The van der Waals surface area contributed by atoms with E-state index in [0.717, 1.165) is 27.8 Å². The summed E-state index contributed by atoms with van der Waals surface area (Å²) in [6, 6.07) is 17.2. The van der Waals surface area contributed by atoms with E-state index in [0.29, 0.717) is 30.2 Å². The number of fused-ring (bicyclic) bond motifs is 1. The molecule has 146 valence electrons. The molecule has 4 aromatic rings. The Morgan fingerprint density at radius 1 is 0.966 bits per heavy atom. The molecule has 2 aromatic carbocycles. The minimum atomic E-state index is -0.0912. The summed E-state index contributed by atoms with van der Waals surface area (Å²) < 4.78 is 5.45. The molecule has 0 aliphatic carbocycles. The number of aromatic nitrogens is 2. The topological polar surface area (TPSA) is 80.0 Å². The van der Waals surface area contributed by atoms with Gasteiger partial charge in [0.1, 0.15) is 5.82 Å². The van der Waals surface area contributed by atoms with Crippen LogP contribution in [-0.2, 0) is 0 Å². The van der Waals surface area contributed by atoms with Crippen LogP contribution in [0.25, 0.3) is 22.5 Å². The van der Waals surface area contributed by atoms with Crippen LogP contribution in [0.3, 0.4) is 0 Å². The smallest absolute Gasteiger partial charge is 0.251 e. The van der Waals surface area contributed by atoms with Crippen LogP contribution in [0.15, 0.2) is 65.3 Å². The molecule has 2 heterocycles. The van der Waals surface area contributed by atoms with Crippen LogP contribution in [0.2, 0.25) is 0 Å². The summed E-state index contributed by atoms with van der Waals surface area (Å²) in [7, 11) is 0. The minimum Gasteiger partial charge on any atom is -0.461 e. The van der Waals surface area contributed by atoms with Crippen LogP contribution in [0.5, 0.6) is 0 Å². The molecule has 2 aromatic heterocycles. The Hall–Kier alpha value is -3.67. The van der Waals surface area contributed by atoms with Crippen molar-refractivity contribution in [2.24, 2.45) is 0 Å². The summed E-state index contributed by atoms with van der Waals surface area (Å²) in [5.74, 6) is 1.77. The van der Waals surface area contributed by atoms with Crippen LogP contribution in [0.1, 0.15) is 21.5 Å². The second-order valence-corrected chi connectivity index (χ2v) is 6.94. The van der Waals surface area contributed by atoms with Crippen molar-refractivity contribution < 1.29 is 9.21 Å². The molecule has 0 saturated carbocycles. The number of aryl methyl sites for hydroxylation is 2. The lowest BCUT2D eigenvalue weighted by Crippen LogP contribution is -2.28. The third-order valence-electron chi connectivity index (χ3n) is 4.61. The van der Waals surface area contributed by atoms with Crippen LogP contribution in [-0.4, -0.2) is 29.0 Å². The van der Waals surface area contributed by atoms with Gasteiger partial charge < -0.3 is 15.1 Å². The van der Waals surface area contributed by atoms with Gasteiger partial charge in [0.25, 0.3) is 5.91 Å². The van der Waals surface area contributed by atoms with Gasteiger partial charge in [-0.1, -0.05) is 29.3 Å². The van der Waals surface area contributed by atoms with Crippen molar-refractivity contribution in [2.45, 2.75) is 13.8 Å². The first-order chi connectivity index (χ1) is 14.1. The number of hydrogen-bond donors (Lipinski definition) is 2. The Balaban J connectivity index is 1.48. The predicted octanol–water partition coefficient (Wildman–Crippen LogP) is 4.35. The molecule has 0 atom stereocenters. The molecule has 0 aliphatic heterocycles. The van der Waals surface area contributed by atoms with E-state index in [9.17, 15) is 4.79 Å². The number of nitrogens with zero attached hydrogens (tertiary/aromatic N) is 2. The monoisotopic (exact) mass is 386 g/mol. The van der Waals surface area contributed by atoms with Crippen LogP contribution in [0, 0.1) is 13.8 Å². The number of carbonyl (C=O) groups is 1. The number of benzene rings is 2. The number of nitrogens with one attached hydrogen (secondary N) is 2. The Morgan fingerprint density at radius 2 is 1.76 bits per heavy atom. The summed E-state index contributed by atoms with van der Waals surface area (Å²) in [6.45, 7) is 5.04. The molecule has 0 saturated heterocycles. The number of anilines is 1. The first-order valence-electron chi connectivity index (χ1n) is 9.51. The lowest BCUT2D eigenvalue weighted by Gasteiger charge is -2.11. The van der Waals surface area contributed by atoms with Gasteiger partial charge in [-0.05, 0) is 50.2 Å². The highest BCUT2D eigenvalue weighted by Gasteiger charge is 2.11. The van der Waals surface area contributed by atoms with Gasteiger partial charge in [0.2, 0.25) is 0 Å². The molecule has 6 nitrogen and oxygen atoms in total. The zero-order valence-electron chi connectivity index (χ0n) is 16.4. The molecule has 29 heavy (non-hydrogen) atoms. The summed E-state index contributed by atoms with van der Waals surface area (Å²) in [5, 5.41) is 7.19. The third-order valence-corrected chi connectivity index (χ3v) is 4.61. The molecule has 1 amide bonds. The maximum absolute atomic E-state index is 12.3. The van der Waals surface area contributed by atoms with Crippen LogP contribution in [0.4, 0.5) is 5.82 Å². The standard InChI is InChI=1S/C23H22N4O2/c1-15-5-8-17(9-6-15)23(28)25-12-11-24-21-18-14-16(2)7-10-19(18)26-22(27-21)20-4-3-13-29-20/h3-10,13-14H,11-12H2,1-2H3,(H,25,28)(H,24,26,27). The highest BCUT2D eigenvalue weighted by Crippen LogP contribution is 2.26. The van der Waals surface area contributed by atoms with Crippen molar-refractivity contribution in [3.63, 3.8) is 0 Å². The Morgan fingerprint density at radius 3 is 2.52 bits per heavy atom. The molecule has 4 rings (SSSR count). The number of amides is 1. The van der Waals surface area contributed by atoms with Crippen LogP contribution < -0.4 is 10.6 Å². The minimum absolute atomic E-state index is 0.0912. The molecular formula is C23H22N4O2. The Kier molecular flexibility index (Phi) is 5.24. The van der Waals surface area contributed by atoms with E-state index in [1.54, 1.807) is 6.26 Å². The van der Waals surface area contributed by atoms with Crippen molar-refractivity contribution in [1.82, 2.24) is 15.3 Å². The first kappa shape index (κ1) is 18.7. The fourth-order valence-electron chi connectivity index (χ4n) is 3.06. The van der Waals surface area contributed by atoms with E-state index in [1.807, 2.05) is 62.4 Å². The quantitative estimate of drug-likeness (QED) is 0.482. The number of rotatable bonds is 6. The molecule has 2 N–H and O–H groups in total. The van der Waals surface area contributed by atoms with Gasteiger partial charge in [-0.2, -0.15) is 0 Å². The van der Waals surface area contributed by atoms with E-state index < -0.39 is 0 Å². The fourth-order valence-corrected chi connectivity index (χ4v) is 3.06. The zero-order valence-corrected chi connectivity index (χ0v) is 16.4. The third kappa shape index (κ3) is 4.27. The highest BCUT2D eigenvalue weighted by molar-refractivity contribution is 5.94. The fraction of sp³-hybridized carbons (Fsp3) is 0.174. The summed E-state index contributed by atoms with van der Waals surface area (Å²) in [4.78, 5) is 21.5. The lowest BCUT2D eigenvalue weighted by atomic mass is 10.1. The van der Waals surface area contributed by atoms with Crippen molar-refractivity contribution in [3.05, 3.63) is 77.6 Å². The van der Waals surface area contributed by atoms with Crippen molar-refractivity contribution in [3.8, 4) is 11.6 Å². The number of furan rings is 1. The van der Waals surface area contributed by atoms with Gasteiger partial charge in [-0.25, -0.2) is 9.97 Å². The van der Waals surface area contributed by atoms with Crippen LogP contribution >= 0.6 is 0 Å². The van der Waals surface area contributed by atoms with E-state index in [4.69, 9.17) is 4.42 Å². The van der Waals surface area contributed by atoms with E-state index in [1.165, 1.54) is 0 Å². The van der Waals surface area contributed by atoms with E-state index >= 15 is 0 Å². The lowest BCUT2D eigenvalue weighted by molar-refractivity contribution is 0.0955. The largest absolute Gasteiger partial charge is 0.461 e. The summed E-state index contributed by atoms with van der Waals surface area (Å²) in [6.07, 6.45) is 1.60. The predicted molar refractivity (Wildman–Crippen MR) is 114 cm³/mol. The van der Waals surface area contributed by atoms with E-state index in [2.05, 4.69) is 26.7 Å². The average molecular weight is 386 g/mol. The van der Waals surface area contributed by atoms with Gasteiger partial charge in [-0.3, -0.25) is 4.79 Å². The Labute approximate surface area is 169 Å². The normalized spacial score (nSPS) is 10.8. The molecule has 0 unspecified atom stereocenters. The van der Waals surface area contributed by atoms with Gasteiger partial charge in [0.05, 0.1) is 11.8 Å². The van der Waals surface area contributed by atoms with Gasteiger partial charge >= 0.3 is 0 Å². The molecule has 0 aliphatic rings. The molecule has 0 fully saturated rings.